The number of piperidine rings is 1. The predicted octanol–water partition coefficient (Wildman–Crippen LogP) is 4.00. The van der Waals surface area contributed by atoms with Crippen molar-refractivity contribution in [2.75, 3.05) is 44.0 Å². The zero-order valence-corrected chi connectivity index (χ0v) is 20.6. The zero-order valence-electron chi connectivity index (χ0n) is 19.8. The van der Waals surface area contributed by atoms with Gasteiger partial charge < -0.3 is 14.7 Å². The predicted molar refractivity (Wildman–Crippen MR) is 135 cm³/mol. The molecule has 1 aromatic carbocycles. The van der Waals surface area contributed by atoms with Crippen molar-refractivity contribution in [1.82, 2.24) is 14.9 Å². The molecule has 1 aliphatic heterocycles. The van der Waals surface area contributed by atoms with E-state index in [2.05, 4.69) is 4.98 Å². The van der Waals surface area contributed by atoms with Gasteiger partial charge in [0.15, 0.2) is 0 Å². The van der Waals surface area contributed by atoms with Crippen molar-refractivity contribution in [3.8, 4) is 0 Å². The molecular weight excluding hydrogens is 446 g/mol. The summed E-state index contributed by atoms with van der Waals surface area (Å²) in [6.45, 7) is 1.35. The number of carbonyl (C=O) groups excluding carboxylic acids is 2. The lowest BCUT2D eigenvalue weighted by molar-refractivity contribution is 0.0634. The van der Waals surface area contributed by atoms with Crippen molar-refractivity contribution in [1.29, 1.82) is 0 Å². The highest BCUT2D eigenvalue weighted by Crippen LogP contribution is 2.44. The fourth-order valence-electron chi connectivity index (χ4n) is 5.24. The third-order valence-electron chi connectivity index (χ3n) is 7.02. The molecule has 8 heteroatoms. The first-order valence-electron chi connectivity index (χ1n) is 11.6. The topological polar surface area (TPSA) is 69.6 Å². The fourth-order valence-corrected chi connectivity index (χ4v) is 5.94. The van der Waals surface area contributed by atoms with Gasteiger partial charge in [-0.05, 0) is 54.8 Å². The van der Waals surface area contributed by atoms with Gasteiger partial charge in [-0.1, -0.05) is 18.2 Å². The second-order valence-electron chi connectivity index (χ2n) is 9.41. The molecule has 7 nitrogen and oxygen atoms in total. The van der Waals surface area contributed by atoms with Gasteiger partial charge in [0, 0.05) is 45.8 Å². The SMILES string of the molecule is CN(C)c1ncc2c(n1)C1(CCCN(C(=O)c3ccccc3N(C)C(=O)c3cccs3)C1)CC2. The monoisotopic (exact) mass is 475 g/mol. The minimum Gasteiger partial charge on any atom is -0.347 e. The van der Waals surface area contributed by atoms with E-state index in [0.29, 0.717) is 35.2 Å². The summed E-state index contributed by atoms with van der Waals surface area (Å²) in [5.74, 6) is 0.571. The Kier molecular flexibility index (Phi) is 5.85. The lowest BCUT2D eigenvalue weighted by Crippen LogP contribution is -2.48. The first kappa shape index (κ1) is 22.5. The van der Waals surface area contributed by atoms with Gasteiger partial charge in [-0.3, -0.25) is 9.59 Å². The van der Waals surface area contributed by atoms with Crippen LogP contribution in [0.2, 0.25) is 0 Å². The minimum absolute atomic E-state index is 0.0316. The highest BCUT2D eigenvalue weighted by molar-refractivity contribution is 7.12. The van der Waals surface area contributed by atoms with Crippen LogP contribution in [0.15, 0.2) is 48.0 Å². The van der Waals surface area contributed by atoms with E-state index in [-0.39, 0.29) is 17.2 Å². The van der Waals surface area contributed by atoms with Gasteiger partial charge in [0.25, 0.3) is 11.8 Å². The van der Waals surface area contributed by atoms with Crippen LogP contribution in [0.3, 0.4) is 0 Å². The van der Waals surface area contributed by atoms with Gasteiger partial charge >= 0.3 is 0 Å². The maximum Gasteiger partial charge on any atom is 0.268 e. The molecule has 2 amide bonds. The molecule has 0 radical (unpaired) electrons. The molecule has 2 aromatic heterocycles. The molecule has 3 aromatic rings. The van der Waals surface area contributed by atoms with E-state index in [4.69, 9.17) is 4.98 Å². The lowest BCUT2D eigenvalue weighted by atomic mass is 9.77. The van der Waals surface area contributed by atoms with E-state index in [9.17, 15) is 9.59 Å². The third-order valence-corrected chi connectivity index (χ3v) is 7.88. The summed E-state index contributed by atoms with van der Waals surface area (Å²) in [7, 11) is 5.63. The molecule has 3 heterocycles. The molecule has 176 valence electrons. The highest BCUT2D eigenvalue weighted by atomic mass is 32.1. The summed E-state index contributed by atoms with van der Waals surface area (Å²) in [5.41, 5.74) is 3.35. The highest BCUT2D eigenvalue weighted by Gasteiger charge is 2.45. The summed E-state index contributed by atoms with van der Waals surface area (Å²) >= 11 is 1.40. The van der Waals surface area contributed by atoms with Gasteiger partial charge in [-0.2, -0.15) is 0 Å². The molecule has 1 fully saturated rings. The van der Waals surface area contributed by atoms with Crippen LogP contribution in [0.4, 0.5) is 11.6 Å². The van der Waals surface area contributed by atoms with Crippen molar-refractivity contribution in [2.45, 2.75) is 31.1 Å². The first-order valence-corrected chi connectivity index (χ1v) is 12.5. The molecule has 1 atom stereocenters. The Balaban J connectivity index is 1.43. The van der Waals surface area contributed by atoms with E-state index < -0.39 is 0 Å². The van der Waals surface area contributed by atoms with Gasteiger partial charge in [0.1, 0.15) is 0 Å². The van der Waals surface area contributed by atoms with Crippen molar-refractivity contribution < 1.29 is 9.59 Å². The van der Waals surface area contributed by atoms with Crippen molar-refractivity contribution in [3.05, 3.63) is 69.7 Å². The van der Waals surface area contributed by atoms with E-state index in [1.54, 1.807) is 11.9 Å². The normalized spacial score (nSPS) is 19.2. The number of benzene rings is 1. The molecule has 1 aliphatic carbocycles. The number of para-hydroxylation sites is 1. The number of fused-ring (bicyclic) bond motifs is 2. The molecule has 0 saturated carbocycles. The number of carbonyl (C=O) groups is 2. The molecule has 1 saturated heterocycles. The van der Waals surface area contributed by atoms with Crippen LogP contribution in [0, 0.1) is 0 Å². The van der Waals surface area contributed by atoms with Crippen molar-refractivity contribution in [3.63, 3.8) is 0 Å². The molecule has 2 aliphatic rings. The molecule has 34 heavy (non-hydrogen) atoms. The summed E-state index contributed by atoms with van der Waals surface area (Å²) in [4.78, 5) is 42.3. The Morgan fingerprint density at radius 1 is 1.09 bits per heavy atom. The average molecular weight is 476 g/mol. The van der Waals surface area contributed by atoms with E-state index in [0.717, 1.165) is 31.4 Å². The molecule has 1 spiro atoms. The summed E-state index contributed by atoms with van der Waals surface area (Å²) in [5, 5.41) is 1.88. The fraction of sp³-hybridized carbons (Fsp3) is 0.385. The second kappa shape index (κ2) is 8.83. The average Bonchev–Trinajstić information content (AvgIpc) is 3.52. The Bertz CT molecular complexity index is 1220. The number of rotatable bonds is 4. The third kappa shape index (κ3) is 3.86. The number of thiophene rings is 1. The van der Waals surface area contributed by atoms with E-state index >= 15 is 0 Å². The number of nitrogens with zero attached hydrogens (tertiary/aromatic N) is 5. The summed E-state index contributed by atoms with van der Waals surface area (Å²) < 4.78 is 0. The van der Waals surface area contributed by atoms with E-state index in [1.165, 1.54) is 16.9 Å². The first-order chi connectivity index (χ1) is 16.4. The van der Waals surface area contributed by atoms with Gasteiger partial charge in [-0.25, -0.2) is 9.97 Å². The molecule has 5 rings (SSSR count). The van der Waals surface area contributed by atoms with Gasteiger partial charge in [-0.15, -0.1) is 11.3 Å². The molecule has 0 N–H and O–H groups in total. The molecular formula is C26H29N5O2S. The van der Waals surface area contributed by atoms with Crippen LogP contribution < -0.4 is 9.80 Å². The molecule has 1 unspecified atom stereocenters. The standard InChI is InChI=1S/C26H29N5O2S/c1-29(2)25-27-16-18-11-13-26(22(18)28-25)12-7-14-31(17-26)23(32)19-8-4-5-9-20(19)30(3)24(33)21-10-6-15-34-21/h4-6,8-10,15-16H,7,11-14,17H2,1-3H3. The smallest absolute Gasteiger partial charge is 0.268 e. The van der Waals surface area contributed by atoms with Crippen LogP contribution in [0.5, 0.6) is 0 Å². The Morgan fingerprint density at radius 3 is 2.68 bits per heavy atom. The summed E-state index contributed by atoms with van der Waals surface area (Å²) in [6, 6.07) is 11.1. The van der Waals surface area contributed by atoms with Crippen molar-refractivity contribution in [2.24, 2.45) is 0 Å². The number of hydrogen-bond donors (Lipinski definition) is 0. The quantitative estimate of drug-likeness (QED) is 0.571. The lowest BCUT2D eigenvalue weighted by Gasteiger charge is -2.41. The zero-order chi connectivity index (χ0) is 23.9. The second-order valence-corrected chi connectivity index (χ2v) is 10.4. The number of hydrogen-bond acceptors (Lipinski definition) is 6. The van der Waals surface area contributed by atoms with Crippen molar-refractivity contribution >= 4 is 34.8 Å². The maximum absolute atomic E-state index is 13.8. The van der Waals surface area contributed by atoms with E-state index in [1.807, 2.05) is 71.9 Å². The number of likely N-dealkylation sites (tertiary alicyclic amines) is 1. The minimum atomic E-state index is -0.134. The van der Waals surface area contributed by atoms with Crippen LogP contribution in [-0.4, -0.2) is 60.9 Å². The maximum atomic E-state index is 13.8. The van der Waals surface area contributed by atoms with Crippen LogP contribution in [-0.2, 0) is 11.8 Å². The largest absolute Gasteiger partial charge is 0.347 e. The Hall–Kier alpha value is -3.26. The van der Waals surface area contributed by atoms with Crippen LogP contribution >= 0.6 is 11.3 Å². The Labute approximate surface area is 204 Å². The number of amides is 2. The number of aromatic nitrogens is 2. The van der Waals surface area contributed by atoms with Gasteiger partial charge in [0.2, 0.25) is 5.95 Å². The number of aryl methyl sites for hydroxylation is 1. The summed E-state index contributed by atoms with van der Waals surface area (Å²) in [6.07, 6.45) is 5.83. The van der Waals surface area contributed by atoms with Crippen LogP contribution in [0.25, 0.3) is 0 Å². The van der Waals surface area contributed by atoms with Crippen LogP contribution in [0.1, 0.15) is 50.5 Å². The number of anilines is 2. The molecule has 0 bridgehead atoms. The van der Waals surface area contributed by atoms with Gasteiger partial charge in [0.05, 0.1) is 21.8 Å². The Morgan fingerprint density at radius 2 is 1.91 bits per heavy atom.